The Balaban J connectivity index is 3.51. The molecule has 0 radical (unpaired) electrons. The van der Waals surface area contributed by atoms with Gasteiger partial charge in [-0.25, -0.2) is 0 Å². The van der Waals surface area contributed by atoms with Gasteiger partial charge in [-0.1, -0.05) is 6.07 Å². The van der Waals surface area contributed by atoms with Crippen molar-refractivity contribution >= 4 is 31.7 Å². The molecule has 0 atom stereocenters. The number of halogens is 1. The van der Waals surface area contributed by atoms with Crippen molar-refractivity contribution in [2.75, 3.05) is 0 Å². The standard InChI is InChI=1S/C6H4BrNO5S/c7-6-4(8(9)10)2-1-3-5(6)14(11,12)13/h1-3H,(H,11,12,13). The van der Waals surface area contributed by atoms with E-state index in [4.69, 9.17) is 4.55 Å². The minimum Gasteiger partial charge on any atom is -0.282 e. The van der Waals surface area contributed by atoms with Gasteiger partial charge >= 0.3 is 0 Å². The van der Waals surface area contributed by atoms with Crippen LogP contribution in [-0.2, 0) is 10.1 Å². The summed E-state index contributed by atoms with van der Waals surface area (Å²) in [5.74, 6) is 0. The third-order valence-corrected chi connectivity index (χ3v) is 3.41. The predicted octanol–water partition coefficient (Wildman–Crippen LogP) is 1.60. The minimum atomic E-state index is -4.44. The lowest BCUT2D eigenvalue weighted by molar-refractivity contribution is -0.385. The Morgan fingerprint density at radius 2 is 2.00 bits per heavy atom. The number of hydrogen-bond donors (Lipinski definition) is 1. The first kappa shape index (κ1) is 11.1. The summed E-state index contributed by atoms with van der Waals surface area (Å²) < 4.78 is 29.9. The Hall–Kier alpha value is -0.990. The molecule has 76 valence electrons. The molecule has 0 aliphatic heterocycles. The van der Waals surface area contributed by atoms with Crippen molar-refractivity contribution in [2.24, 2.45) is 0 Å². The van der Waals surface area contributed by atoms with E-state index in [2.05, 4.69) is 15.9 Å². The van der Waals surface area contributed by atoms with Crippen molar-refractivity contribution < 1.29 is 17.9 Å². The van der Waals surface area contributed by atoms with Gasteiger partial charge in [-0.15, -0.1) is 0 Å². The third kappa shape index (κ3) is 2.08. The highest BCUT2D eigenvalue weighted by Gasteiger charge is 2.21. The van der Waals surface area contributed by atoms with Crippen LogP contribution in [0, 0.1) is 10.1 Å². The van der Waals surface area contributed by atoms with Crippen LogP contribution in [-0.4, -0.2) is 17.9 Å². The van der Waals surface area contributed by atoms with E-state index in [0.717, 1.165) is 12.1 Å². The maximum atomic E-state index is 10.7. The second-order valence-electron chi connectivity index (χ2n) is 2.32. The van der Waals surface area contributed by atoms with Crippen LogP contribution in [0.5, 0.6) is 0 Å². The minimum absolute atomic E-state index is 0.257. The van der Waals surface area contributed by atoms with Gasteiger partial charge in [-0.3, -0.25) is 14.7 Å². The van der Waals surface area contributed by atoms with Crippen LogP contribution in [0.25, 0.3) is 0 Å². The molecule has 8 heteroatoms. The molecule has 0 saturated heterocycles. The molecule has 0 aromatic heterocycles. The Labute approximate surface area is 87.6 Å². The Morgan fingerprint density at radius 3 is 2.43 bits per heavy atom. The highest BCUT2D eigenvalue weighted by molar-refractivity contribution is 9.10. The molecular weight excluding hydrogens is 278 g/mol. The molecule has 0 bridgehead atoms. The fourth-order valence-electron chi connectivity index (χ4n) is 0.839. The average Bonchev–Trinajstić information content (AvgIpc) is 2.01. The highest BCUT2D eigenvalue weighted by atomic mass is 79.9. The fraction of sp³-hybridized carbons (Fsp3) is 0. The van der Waals surface area contributed by atoms with E-state index < -0.39 is 25.6 Å². The molecule has 0 unspecified atom stereocenters. The van der Waals surface area contributed by atoms with Crippen LogP contribution in [0.3, 0.4) is 0 Å². The maximum absolute atomic E-state index is 10.7. The van der Waals surface area contributed by atoms with Crippen LogP contribution in [0.15, 0.2) is 27.6 Å². The summed E-state index contributed by atoms with van der Waals surface area (Å²) in [4.78, 5) is 9.13. The first-order chi connectivity index (χ1) is 6.34. The van der Waals surface area contributed by atoms with Gasteiger partial charge in [0.2, 0.25) is 0 Å². The lowest BCUT2D eigenvalue weighted by Gasteiger charge is -2.00. The molecule has 1 rings (SSSR count). The molecule has 6 nitrogen and oxygen atoms in total. The second kappa shape index (κ2) is 3.64. The summed E-state index contributed by atoms with van der Waals surface area (Å²) >= 11 is 2.74. The number of hydrogen-bond acceptors (Lipinski definition) is 4. The van der Waals surface area contributed by atoms with Crippen LogP contribution < -0.4 is 0 Å². The topological polar surface area (TPSA) is 97.5 Å². The molecule has 1 aromatic rings. The van der Waals surface area contributed by atoms with Gasteiger partial charge in [0.05, 0.1) is 4.92 Å². The number of nitro benzene ring substituents is 1. The van der Waals surface area contributed by atoms with Crippen LogP contribution in [0.2, 0.25) is 0 Å². The molecular formula is C6H4BrNO5S. The van der Waals surface area contributed by atoms with Crippen molar-refractivity contribution in [3.05, 3.63) is 32.8 Å². The summed E-state index contributed by atoms with van der Waals surface area (Å²) in [5.41, 5.74) is -0.417. The predicted molar refractivity (Wildman–Crippen MR) is 50.6 cm³/mol. The van der Waals surface area contributed by atoms with Gasteiger partial charge in [0, 0.05) is 6.07 Å². The van der Waals surface area contributed by atoms with Gasteiger partial charge in [0.1, 0.15) is 9.37 Å². The Morgan fingerprint density at radius 1 is 1.43 bits per heavy atom. The highest BCUT2D eigenvalue weighted by Crippen LogP contribution is 2.30. The monoisotopic (exact) mass is 281 g/mol. The molecule has 0 spiro atoms. The van der Waals surface area contributed by atoms with Crippen LogP contribution in [0.4, 0.5) is 5.69 Å². The Bertz CT molecular complexity index is 483. The molecule has 1 N–H and O–H groups in total. The number of benzene rings is 1. The van der Waals surface area contributed by atoms with E-state index in [1.165, 1.54) is 6.07 Å². The summed E-state index contributed by atoms with van der Waals surface area (Å²) in [7, 11) is -4.44. The van der Waals surface area contributed by atoms with Gasteiger partial charge in [-0.05, 0) is 22.0 Å². The number of nitro groups is 1. The zero-order valence-electron chi connectivity index (χ0n) is 6.55. The molecule has 0 aliphatic carbocycles. The van der Waals surface area contributed by atoms with Crippen molar-refractivity contribution in [2.45, 2.75) is 4.90 Å². The quantitative estimate of drug-likeness (QED) is 0.504. The number of nitrogens with zero attached hydrogens (tertiary/aromatic N) is 1. The fourth-order valence-corrected chi connectivity index (χ4v) is 2.44. The first-order valence-electron chi connectivity index (χ1n) is 3.24. The van der Waals surface area contributed by atoms with Crippen LogP contribution >= 0.6 is 15.9 Å². The summed E-state index contributed by atoms with van der Waals surface area (Å²) in [5, 5.41) is 10.4. The van der Waals surface area contributed by atoms with E-state index in [1.54, 1.807) is 0 Å². The molecule has 14 heavy (non-hydrogen) atoms. The SMILES string of the molecule is O=[N+]([O-])c1cccc(S(=O)(=O)O)c1Br. The van der Waals surface area contributed by atoms with E-state index in [-0.39, 0.29) is 4.47 Å². The average molecular weight is 282 g/mol. The van der Waals surface area contributed by atoms with Crippen LogP contribution in [0.1, 0.15) is 0 Å². The molecule has 0 amide bonds. The molecule has 0 fully saturated rings. The largest absolute Gasteiger partial charge is 0.295 e. The van der Waals surface area contributed by atoms with Crippen molar-refractivity contribution in [1.82, 2.24) is 0 Å². The lowest BCUT2D eigenvalue weighted by atomic mass is 10.3. The van der Waals surface area contributed by atoms with Crippen molar-refractivity contribution in [3.8, 4) is 0 Å². The van der Waals surface area contributed by atoms with Gasteiger partial charge in [-0.2, -0.15) is 8.42 Å². The first-order valence-corrected chi connectivity index (χ1v) is 5.47. The van der Waals surface area contributed by atoms with Gasteiger partial charge < -0.3 is 0 Å². The normalized spacial score (nSPS) is 11.3. The smallest absolute Gasteiger partial charge is 0.282 e. The summed E-state index contributed by atoms with van der Waals surface area (Å²) in [6.07, 6.45) is 0. The molecule has 0 aliphatic rings. The lowest BCUT2D eigenvalue weighted by Crippen LogP contribution is -2.01. The zero-order valence-corrected chi connectivity index (χ0v) is 8.95. The molecule has 0 heterocycles. The van der Waals surface area contributed by atoms with Crippen molar-refractivity contribution in [3.63, 3.8) is 0 Å². The molecule has 1 aromatic carbocycles. The van der Waals surface area contributed by atoms with Crippen molar-refractivity contribution in [1.29, 1.82) is 0 Å². The van der Waals surface area contributed by atoms with Gasteiger partial charge in [0.15, 0.2) is 0 Å². The summed E-state index contributed by atoms with van der Waals surface area (Å²) in [6, 6.07) is 3.36. The maximum Gasteiger partial charge on any atom is 0.295 e. The number of rotatable bonds is 2. The van der Waals surface area contributed by atoms with Gasteiger partial charge in [0.25, 0.3) is 15.8 Å². The summed E-state index contributed by atoms with van der Waals surface area (Å²) in [6.45, 7) is 0. The van der Waals surface area contributed by atoms with E-state index >= 15 is 0 Å². The van der Waals surface area contributed by atoms with E-state index in [1.807, 2.05) is 0 Å². The third-order valence-electron chi connectivity index (χ3n) is 1.42. The van der Waals surface area contributed by atoms with E-state index in [0.29, 0.717) is 0 Å². The zero-order chi connectivity index (χ0) is 10.9. The second-order valence-corrected chi connectivity index (χ2v) is 4.50. The molecule has 0 saturated carbocycles. The van der Waals surface area contributed by atoms with E-state index in [9.17, 15) is 18.5 Å². The Kier molecular flexibility index (Phi) is 2.88.